The number of anilines is 1. The predicted molar refractivity (Wildman–Crippen MR) is 106 cm³/mol. The Morgan fingerprint density at radius 2 is 1.87 bits per heavy atom. The predicted octanol–water partition coefficient (Wildman–Crippen LogP) is 2.78. The van der Waals surface area contributed by atoms with Crippen LogP contribution in [0, 0.1) is 0 Å². The summed E-state index contributed by atoms with van der Waals surface area (Å²) >= 11 is 0. The van der Waals surface area contributed by atoms with Crippen LogP contribution in [-0.4, -0.2) is 32.5 Å². The Hall–Kier alpha value is -4.08. The molecule has 152 valence electrons. The van der Waals surface area contributed by atoms with Crippen molar-refractivity contribution in [2.75, 3.05) is 5.73 Å². The fourth-order valence-electron chi connectivity index (χ4n) is 3.17. The molecule has 0 fully saturated rings. The molecule has 30 heavy (non-hydrogen) atoms. The molecule has 2 aromatic carbocycles. The maximum atomic E-state index is 13.2. The highest BCUT2D eigenvalue weighted by Crippen LogP contribution is 2.27. The molecule has 0 unspecified atom stereocenters. The molecule has 2 aromatic heterocycles. The molecular formula is C20H15F2N5O3. The maximum Gasteiger partial charge on any atom is 0.387 e. The molecular weight excluding hydrogens is 396 g/mol. The Bertz CT molecular complexity index is 1310. The van der Waals surface area contributed by atoms with Gasteiger partial charge in [-0.1, -0.05) is 12.1 Å². The molecule has 0 radical (unpaired) electrons. The number of carbonyl (C=O) groups excluding carboxylic acids is 1. The summed E-state index contributed by atoms with van der Waals surface area (Å²) in [7, 11) is 1.78. The summed E-state index contributed by atoms with van der Waals surface area (Å²) in [5.41, 5.74) is 6.74. The van der Waals surface area contributed by atoms with E-state index in [-0.39, 0.29) is 22.7 Å². The third kappa shape index (κ3) is 3.39. The first kappa shape index (κ1) is 19.2. The number of benzene rings is 2. The molecule has 0 aliphatic rings. The molecule has 0 saturated heterocycles. The van der Waals surface area contributed by atoms with Gasteiger partial charge in [-0.05, 0) is 35.9 Å². The van der Waals surface area contributed by atoms with E-state index in [4.69, 9.17) is 5.73 Å². The van der Waals surface area contributed by atoms with Crippen LogP contribution >= 0.6 is 0 Å². The molecule has 2 N–H and O–H groups in total. The molecule has 0 aliphatic carbocycles. The number of aldehydes is 1. The van der Waals surface area contributed by atoms with E-state index in [2.05, 4.69) is 14.9 Å². The van der Waals surface area contributed by atoms with Gasteiger partial charge in [-0.2, -0.15) is 23.7 Å². The van der Waals surface area contributed by atoms with E-state index in [1.54, 1.807) is 36.1 Å². The van der Waals surface area contributed by atoms with Gasteiger partial charge in [0.25, 0.3) is 5.56 Å². The molecule has 4 aromatic rings. The highest BCUT2D eigenvalue weighted by Gasteiger charge is 2.18. The van der Waals surface area contributed by atoms with Crippen LogP contribution in [0.15, 0.2) is 53.5 Å². The summed E-state index contributed by atoms with van der Waals surface area (Å²) in [6.07, 6.45) is 2.23. The SMILES string of the molecule is Cn1cc2cc(-n3nc(C=O)c(N)c(-c4ccc(OC(F)F)cc4)c3=O)ccc2n1. The lowest BCUT2D eigenvalue weighted by Crippen LogP contribution is -2.26. The van der Waals surface area contributed by atoms with Gasteiger partial charge in [0.2, 0.25) is 0 Å². The van der Waals surface area contributed by atoms with Gasteiger partial charge in [0.15, 0.2) is 6.29 Å². The Kier molecular flexibility index (Phi) is 4.74. The van der Waals surface area contributed by atoms with Crippen molar-refractivity contribution in [2.24, 2.45) is 7.05 Å². The van der Waals surface area contributed by atoms with Crippen LogP contribution in [-0.2, 0) is 7.05 Å². The lowest BCUT2D eigenvalue weighted by atomic mass is 10.0. The number of nitrogens with zero attached hydrogens (tertiary/aromatic N) is 4. The number of nitrogen functional groups attached to an aromatic ring is 1. The second kappa shape index (κ2) is 7.39. The van der Waals surface area contributed by atoms with E-state index >= 15 is 0 Å². The zero-order valence-electron chi connectivity index (χ0n) is 15.6. The normalized spacial score (nSPS) is 11.2. The van der Waals surface area contributed by atoms with E-state index in [0.717, 1.165) is 15.6 Å². The molecule has 0 spiro atoms. The van der Waals surface area contributed by atoms with E-state index in [1.807, 2.05) is 0 Å². The van der Waals surface area contributed by atoms with Gasteiger partial charge in [-0.25, -0.2) is 0 Å². The van der Waals surface area contributed by atoms with Crippen LogP contribution in [0.2, 0.25) is 0 Å². The van der Waals surface area contributed by atoms with Crippen LogP contribution in [0.4, 0.5) is 14.5 Å². The molecule has 0 saturated carbocycles. The molecule has 0 bridgehead atoms. The van der Waals surface area contributed by atoms with Crippen LogP contribution < -0.4 is 16.0 Å². The summed E-state index contributed by atoms with van der Waals surface area (Å²) in [5.74, 6) is -0.0701. The first-order valence-electron chi connectivity index (χ1n) is 8.74. The van der Waals surface area contributed by atoms with Crippen molar-refractivity contribution >= 4 is 22.9 Å². The van der Waals surface area contributed by atoms with Crippen molar-refractivity contribution in [3.8, 4) is 22.6 Å². The summed E-state index contributed by atoms with van der Waals surface area (Å²) < 4.78 is 31.8. The third-order valence-electron chi connectivity index (χ3n) is 4.49. The number of alkyl halides is 2. The van der Waals surface area contributed by atoms with Gasteiger partial charge in [-0.3, -0.25) is 14.3 Å². The molecule has 0 atom stereocenters. The second-order valence-electron chi connectivity index (χ2n) is 6.46. The van der Waals surface area contributed by atoms with Crippen molar-refractivity contribution in [3.05, 3.63) is 64.7 Å². The van der Waals surface area contributed by atoms with Crippen molar-refractivity contribution in [3.63, 3.8) is 0 Å². The van der Waals surface area contributed by atoms with E-state index in [1.165, 1.54) is 24.3 Å². The number of carbonyl (C=O) groups is 1. The Labute approximate surface area is 168 Å². The van der Waals surface area contributed by atoms with Crippen LogP contribution in [0.5, 0.6) is 5.75 Å². The zero-order valence-corrected chi connectivity index (χ0v) is 15.6. The van der Waals surface area contributed by atoms with Gasteiger partial charge in [0, 0.05) is 18.6 Å². The quantitative estimate of drug-likeness (QED) is 0.507. The van der Waals surface area contributed by atoms with Crippen LogP contribution in [0.3, 0.4) is 0 Å². The third-order valence-corrected chi connectivity index (χ3v) is 4.49. The number of aryl methyl sites for hydroxylation is 1. The lowest BCUT2D eigenvalue weighted by molar-refractivity contribution is -0.0498. The lowest BCUT2D eigenvalue weighted by Gasteiger charge is -2.12. The van der Waals surface area contributed by atoms with Crippen molar-refractivity contribution in [1.29, 1.82) is 0 Å². The number of halogens is 2. The second-order valence-corrected chi connectivity index (χ2v) is 6.46. The molecule has 0 aliphatic heterocycles. The minimum atomic E-state index is -2.97. The summed E-state index contributed by atoms with van der Waals surface area (Å²) in [4.78, 5) is 24.7. The average molecular weight is 411 g/mol. The van der Waals surface area contributed by atoms with E-state index in [0.29, 0.717) is 17.5 Å². The summed E-state index contributed by atoms with van der Waals surface area (Å²) in [6, 6.07) is 10.5. The molecule has 4 rings (SSSR count). The number of hydrogen-bond donors (Lipinski definition) is 1. The number of nitrogens with two attached hydrogens (primary N) is 1. The highest BCUT2D eigenvalue weighted by atomic mass is 19.3. The van der Waals surface area contributed by atoms with Crippen LogP contribution in [0.1, 0.15) is 10.5 Å². The number of fused-ring (bicyclic) bond motifs is 1. The Morgan fingerprint density at radius 1 is 1.13 bits per heavy atom. The standard InChI is InChI=1S/C20H15F2N5O3/c1-26-9-12-8-13(4-7-15(12)24-26)27-19(29)17(18(23)16(10-28)25-27)11-2-5-14(6-3-11)30-20(21)22/h2-10,20H,23H2,1H3. The first-order valence-corrected chi connectivity index (χ1v) is 8.74. The zero-order chi connectivity index (χ0) is 21.4. The summed E-state index contributed by atoms with van der Waals surface area (Å²) in [6.45, 7) is -2.97. The summed E-state index contributed by atoms with van der Waals surface area (Å²) in [5, 5.41) is 9.14. The van der Waals surface area contributed by atoms with Crippen LogP contribution in [0.25, 0.3) is 27.7 Å². The van der Waals surface area contributed by atoms with Gasteiger partial charge < -0.3 is 10.5 Å². The van der Waals surface area contributed by atoms with Gasteiger partial charge >= 0.3 is 6.61 Å². The van der Waals surface area contributed by atoms with Crippen molar-refractivity contribution in [1.82, 2.24) is 19.6 Å². The fourth-order valence-corrected chi connectivity index (χ4v) is 3.17. The van der Waals surface area contributed by atoms with Gasteiger partial charge in [0.05, 0.1) is 22.5 Å². The van der Waals surface area contributed by atoms with Crippen molar-refractivity contribution in [2.45, 2.75) is 6.61 Å². The van der Waals surface area contributed by atoms with E-state index in [9.17, 15) is 18.4 Å². The minimum absolute atomic E-state index is 0.0296. The topological polar surface area (TPSA) is 105 Å². The monoisotopic (exact) mass is 411 g/mol. The maximum absolute atomic E-state index is 13.2. The van der Waals surface area contributed by atoms with Gasteiger partial charge in [0.1, 0.15) is 11.4 Å². The smallest absolute Gasteiger partial charge is 0.387 e. The largest absolute Gasteiger partial charge is 0.435 e. The Balaban J connectivity index is 1.89. The fraction of sp³-hybridized carbons (Fsp3) is 0.100. The first-order chi connectivity index (χ1) is 14.4. The minimum Gasteiger partial charge on any atom is -0.435 e. The number of rotatable bonds is 5. The number of hydrogen-bond acceptors (Lipinski definition) is 6. The molecule has 2 heterocycles. The van der Waals surface area contributed by atoms with Crippen molar-refractivity contribution < 1.29 is 18.3 Å². The molecule has 0 amide bonds. The Morgan fingerprint density at radius 3 is 2.53 bits per heavy atom. The van der Waals surface area contributed by atoms with Gasteiger partial charge in [-0.15, -0.1) is 0 Å². The molecule has 10 heteroatoms. The highest BCUT2D eigenvalue weighted by molar-refractivity contribution is 5.89. The number of ether oxygens (including phenoxy) is 1. The molecule has 8 nitrogen and oxygen atoms in total. The number of aromatic nitrogens is 4. The average Bonchev–Trinajstić information content (AvgIpc) is 3.08. The van der Waals surface area contributed by atoms with E-state index < -0.39 is 12.2 Å².